The summed E-state index contributed by atoms with van der Waals surface area (Å²) in [5, 5.41) is 0.490. The quantitative estimate of drug-likeness (QED) is 0.778. The largest absolute Gasteiger partial charge is 0.340 e. The Labute approximate surface area is 171 Å². The van der Waals surface area contributed by atoms with Crippen LogP contribution in [0.25, 0.3) is 0 Å². The maximum absolute atomic E-state index is 12.7. The highest BCUT2D eigenvalue weighted by Crippen LogP contribution is 2.23. The van der Waals surface area contributed by atoms with Gasteiger partial charge < -0.3 is 4.90 Å². The Morgan fingerprint density at radius 1 is 1.04 bits per heavy atom. The number of nitrogens with zero attached hydrogens (tertiary/aromatic N) is 2. The molecule has 6 nitrogen and oxygen atoms in total. The van der Waals surface area contributed by atoms with Gasteiger partial charge in [0.15, 0.2) is 0 Å². The van der Waals surface area contributed by atoms with E-state index in [4.69, 9.17) is 11.6 Å². The number of carbonyl (C=O) groups excluding carboxylic acids is 1. The number of benzene rings is 2. The first kappa shape index (κ1) is 20.8. The summed E-state index contributed by atoms with van der Waals surface area (Å²) in [6.45, 7) is 4.49. The number of halogens is 1. The van der Waals surface area contributed by atoms with Crippen molar-refractivity contribution in [2.24, 2.45) is 0 Å². The van der Waals surface area contributed by atoms with Gasteiger partial charge in [0.2, 0.25) is 15.9 Å². The number of nitrogens with one attached hydrogen (secondary N) is 1. The lowest BCUT2D eigenvalue weighted by molar-refractivity contribution is -0.130. The number of piperazine rings is 1. The highest BCUT2D eigenvalue weighted by atomic mass is 35.5. The molecule has 0 saturated carbocycles. The minimum Gasteiger partial charge on any atom is -0.340 e. The van der Waals surface area contributed by atoms with Crippen LogP contribution < -0.4 is 4.72 Å². The Kier molecular flexibility index (Phi) is 6.72. The molecule has 0 aromatic heterocycles. The van der Waals surface area contributed by atoms with E-state index in [9.17, 15) is 13.2 Å². The molecule has 8 heteroatoms. The van der Waals surface area contributed by atoms with E-state index in [0.29, 0.717) is 31.2 Å². The average molecular weight is 422 g/mol. The monoisotopic (exact) mass is 421 g/mol. The lowest BCUT2D eigenvalue weighted by Crippen LogP contribution is -2.50. The number of carbonyl (C=O) groups is 1. The van der Waals surface area contributed by atoms with Gasteiger partial charge in [-0.3, -0.25) is 9.69 Å². The topological polar surface area (TPSA) is 69.7 Å². The third-order valence-electron chi connectivity index (χ3n) is 4.98. The number of rotatable bonds is 6. The molecule has 3 rings (SSSR count). The van der Waals surface area contributed by atoms with E-state index in [2.05, 4.69) is 9.62 Å². The summed E-state index contributed by atoms with van der Waals surface area (Å²) in [7, 11) is -3.64. The molecule has 0 unspecified atom stereocenters. The van der Waals surface area contributed by atoms with Crippen molar-refractivity contribution in [3.8, 4) is 0 Å². The van der Waals surface area contributed by atoms with Crippen molar-refractivity contribution in [2.75, 3.05) is 32.7 Å². The van der Waals surface area contributed by atoms with Gasteiger partial charge in [-0.15, -0.1) is 0 Å². The number of amides is 1. The summed E-state index contributed by atoms with van der Waals surface area (Å²) < 4.78 is 28.1. The fourth-order valence-electron chi connectivity index (χ4n) is 3.37. The Morgan fingerprint density at radius 3 is 2.21 bits per heavy atom. The predicted octanol–water partition coefficient (Wildman–Crippen LogP) is 2.52. The van der Waals surface area contributed by atoms with Crippen molar-refractivity contribution < 1.29 is 13.2 Å². The van der Waals surface area contributed by atoms with Gasteiger partial charge in [-0.2, -0.15) is 0 Å². The first-order valence-corrected chi connectivity index (χ1v) is 11.0. The Bertz CT molecular complexity index is 896. The summed E-state index contributed by atoms with van der Waals surface area (Å²) >= 11 is 5.86. The molecule has 28 heavy (non-hydrogen) atoms. The molecule has 0 aliphatic carbocycles. The van der Waals surface area contributed by atoms with Crippen LogP contribution in [0.15, 0.2) is 59.5 Å². The molecule has 0 bridgehead atoms. The van der Waals surface area contributed by atoms with E-state index >= 15 is 0 Å². The van der Waals surface area contributed by atoms with Crippen LogP contribution in [-0.4, -0.2) is 56.8 Å². The normalized spacial score (nSPS) is 16.7. The van der Waals surface area contributed by atoms with Crippen LogP contribution in [0, 0.1) is 0 Å². The van der Waals surface area contributed by atoms with Gasteiger partial charge in [-0.1, -0.05) is 41.9 Å². The molecule has 0 radical (unpaired) electrons. The SMILES string of the molecule is CC(=O)N1CCN([C@@H](CNS(=O)(=O)c2ccc(Cl)cc2)c2ccccc2)CC1. The van der Waals surface area contributed by atoms with Crippen LogP contribution in [0.1, 0.15) is 18.5 Å². The van der Waals surface area contributed by atoms with Gasteiger partial charge in [0.25, 0.3) is 0 Å². The lowest BCUT2D eigenvalue weighted by atomic mass is 10.0. The molecule has 2 aromatic carbocycles. The zero-order valence-electron chi connectivity index (χ0n) is 15.7. The van der Waals surface area contributed by atoms with Gasteiger partial charge >= 0.3 is 0 Å². The molecular formula is C20H24ClN3O3S. The zero-order chi connectivity index (χ0) is 20.1. The molecule has 1 saturated heterocycles. The van der Waals surface area contributed by atoms with Gasteiger partial charge in [-0.05, 0) is 29.8 Å². The van der Waals surface area contributed by atoms with Crippen molar-refractivity contribution in [1.82, 2.24) is 14.5 Å². The van der Waals surface area contributed by atoms with E-state index in [0.717, 1.165) is 5.56 Å². The molecule has 1 aliphatic heterocycles. The number of hydrogen-bond acceptors (Lipinski definition) is 4. The van der Waals surface area contributed by atoms with Crippen molar-refractivity contribution >= 4 is 27.5 Å². The molecular weight excluding hydrogens is 398 g/mol. The zero-order valence-corrected chi connectivity index (χ0v) is 17.3. The Morgan fingerprint density at radius 2 is 1.64 bits per heavy atom. The van der Waals surface area contributed by atoms with Crippen molar-refractivity contribution in [3.05, 3.63) is 65.2 Å². The van der Waals surface area contributed by atoms with Crippen LogP contribution in [-0.2, 0) is 14.8 Å². The molecule has 2 aromatic rings. The first-order valence-electron chi connectivity index (χ1n) is 9.16. The van der Waals surface area contributed by atoms with Gasteiger partial charge in [-0.25, -0.2) is 13.1 Å². The first-order chi connectivity index (χ1) is 13.4. The fraction of sp³-hybridized carbons (Fsp3) is 0.350. The minimum atomic E-state index is -3.64. The maximum Gasteiger partial charge on any atom is 0.240 e. The van der Waals surface area contributed by atoms with Crippen LogP contribution in [0.2, 0.25) is 5.02 Å². The van der Waals surface area contributed by atoms with E-state index in [1.165, 1.54) is 12.1 Å². The summed E-state index contributed by atoms with van der Waals surface area (Å²) in [6.07, 6.45) is 0. The van der Waals surface area contributed by atoms with E-state index < -0.39 is 10.0 Å². The van der Waals surface area contributed by atoms with E-state index in [-0.39, 0.29) is 23.4 Å². The minimum absolute atomic E-state index is 0.0688. The summed E-state index contributed by atoms with van der Waals surface area (Å²) in [4.78, 5) is 15.8. The van der Waals surface area contributed by atoms with Crippen LogP contribution >= 0.6 is 11.6 Å². The fourth-order valence-corrected chi connectivity index (χ4v) is 4.53. The molecule has 1 N–H and O–H groups in total. The van der Waals surface area contributed by atoms with Crippen molar-refractivity contribution in [3.63, 3.8) is 0 Å². The van der Waals surface area contributed by atoms with Crippen molar-refractivity contribution in [1.29, 1.82) is 0 Å². The van der Waals surface area contributed by atoms with Crippen LogP contribution in [0.5, 0.6) is 0 Å². The van der Waals surface area contributed by atoms with Gasteiger partial charge in [0.05, 0.1) is 4.90 Å². The number of hydrogen-bond donors (Lipinski definition) is 1. The second-order valence-corrected chi connectivity index (χ2v) is 8.98. The Hall–Kier alpha value is -1.93. The van der Waals surface area contributed by atoms with Crippen molar-refractivity contribution in [2.45, 2.75) is 17.9 Å². The third-order valence-corrected chi connectivity index (χ3v) is 6.67. The van der Waals surface area contributed by atoms with Crippen LogP contribution in [0.4, 0.5) is 0 Å². The summed E-state index contributed by atoms with van der Waals surface area (Å²) in [5.41, 5.74) is 1.04. The highest BCUT2D eigenvalue weighted by molar-refractivity contribution is 7.89. The standard InChI is InChI=1S/C20H24ClN3O3S/c1-16(25)23-11-13-24(14-12-23)20(17-5-3-2-4-6-17)15-22-28(26,27)19-9-7-18(21)8-10-19/h2-10,20,22H,11-15H2,1H3/t20-/m0/s1. The maximum atomic E-state index is 12.7. The molecule has 1 atom stereocenters. The highest BCUT2D eigenvalue weighted by Gasteiger charge is 2.27. The summed E-state index contributed by atoms with van der Waals surface area (Å²) in [6, 6.07) is 15.8. The predicted molar refractivity (Wildman–Crippen MR) is 110 cm³/mol. The second kappa shape index (κ2) is 9.05. The van der Waals surface area contributed by atoms with Gasteiger partial charge in [0, 0.05) is 50.7 Å². The smallest absolute Gasteiger partial charge is 0.240 e. The molecule has 1 fully saturated rings. The van der Waals surface area contributed by atoms with Crippen LogP contribution in [0.3, 0.4) is 0 Å². The lowest BCUT2D eigenvalue weighted by Gasteiger charge is -2.39. The second-order valence-electron chi connectivity index (χ2n) is 6.77. The van der Waals surface area contributed by atoms with E-state index in [1.807, 2.05) is 35.2 Å². The summed E-state index contributed by atoms with van der Waals surface area (Å²) in [5.74, 6) is 0.0688. The average Bonchev–Trinajstić information content (AvgIpc) is 2.69. The Balaban J connectivity index is 1.75. The molecule has 150 valence electrons. The number of sulfonamides is 1. The molecule has 1 aliphatic rings. The third kappa shape index (κ3) is 5.11. The van der Waals surface area contributed by atoms with E-state index in [1.54, 1.807) is 19.1 Å². The van der Waals surface area contributed by atoms with Gasteiger partial charge in [0.1, 0.15) is 0 Å². The molecule has 0 spiro atoms. The molecule has 1 amide bonds. The molecule has 1 heterocycles.